The second-order valence-corrected chi connectivity index (χ2v) is 4.55. The first-order valence-electron chi connectivity index (χ1n) is 6.75. The third-order valence-electron chi connectivity index (χ3n) is 2.93. The van der Waals surface area contributed by atoms with Crippen molar-refractivity contribution in [2.75, 3.05) is 5.32 Å². The standard InChI is InChI=1S/C15H21NO3/c1-2-3-4-5-6-11-14(17)16-13-10-8-7-9-12(13)15(18)19/h7-10H,2-6,11H2,1H3,(H,16,17)(H,18,19)/p-1. The average molecular weight is 262 g/mol. The van der Waals surface area contributed by atoms with Gasteiger partial charge in [0.2, 0.25) is 5.91 Å². The molecule has 0 aliphatic rings. The largest absolute Gasteiger partial charge is 0.545 e. The molecule has 1 rings (SSSR count). The van der Waals surface area contributed by atoms with Crippen LogP contribution in [0.5, 0.6) is 0 Å². The van der Waals surface area contributed by atoms with E-state index in [1.54, 1.807) is 18.2 Å². The summed E-state index contributed by atoms with van der Waals surface area (Å²) in [6, 6.07) is 6.28. The summed E-state index contributed by atoms with van der Waals surface area (Å²) >= 11 is 0. The van der Waals surface area contributed by atoms with Crippen molar-refractivity contribution >= 4 is 17.6 Å². The first-order chi connectivity index (χ1) is 9.15. The summed E-state index contributed by atoms with van der Waals surface area (Å²) in [6.45, 7) is 2.14. The maximum absolute atomic E-state index is 11.7. The summed E-state index contributed by atoms with van der Waals surface area (Å²) in [4.78, 5) is 22.6. The number of benzene rings is 1. The van der Waals surface area contributed by atoms with Crippen LogP contribution in [0.3, 0.4) is 0 Å². The van der Waals surface area contributed by atoms with Gasteiger partial charge in [0.15, 0.2) is 0 Å². The van der Waals surface area contributed by atoms with E-state index >= 15 is 0 Å². The van der Waals surface area contributed by atoms with Crippen LogP contribution in [-0.4, -0.2) is 11.9 Å². The highest BCUT2D eigenvalue weighted by Gasteiger charge is 2.06. The number of anilines is 1. The summed E-state index contributed by atoms with van der Waals surface area (Å²) in [5, 5.41) is 13.5. The van der Waals surface area contributed by atoms with E-state index in [0.717, 1.165) is 19.3 Å². The Kier molecular flexibility index (Phi) is 6.64. The number of rotatable bonds is 8. The van der Waals surface area contributed by atoms with E-state index in [0.29, 0.717) is 12.1 Å². The number of para-hydroxylation sites is 1. The molecule has 0 heterocycles. The zero-order chi connectivity index (χ0) is 14.1. The van der Waals surface area contributed by atoms with E-state index in [9.17, 15) is 14.7 Å². The predicted molar refractivity (Wildman–Crippen MR) is 72.8 cm³/mol. The molecular weight excluding hydrogens is 242 g/mol. The molecule has 0 aromatic heterocycles. The Balaban J connectivity index is 2.42. The lowest BCUT2D eigenvalue weighted by Gasteiger charge is -2.11. The number of unbranched alkanes of at least 4 members (excludes halogenated alkanes) is 4. The number of carboxylic acids is 1. The van der Waals surface area contributed by atoms with Crippen LogP contribution in [0.2, 0.25) is 0 Å². The molecule has 0 saturated carbocycles. The monoisotopic (exact) mass is 262 g/mol. The maximum Gasteiger partial charge on any atom is 0.224 e. The fraction of sp³-hybridized carbons (Fsp3) is 0.467. The van der Waals surface area contributed by atoms with Crippen LogP contribution in [0.1, 0.15) is 55.8 Å². The lowest BCUT2D eigenvalue weighted by Crippen LogP contribution is -2.24. The van der Waals surface area contributed by atoms with Crippen LogP contribution >= 0.6 is 0 Å². The fourth-order valence-electron chi connectivity index (χ4n) is 1.87. The minimum absolute atomic E-state index is 0.0156. The van der Waals surface area contributed by atoms with Crippen LogP contribution in [0.15, 0.2) is 24.3 Å². The van der Waals surface area contributed by atoms with Gasteiger partial charge in [0.1, 0.15) is 0 Å². The molecule has 1 aromatic rings. The third-order valence-corrected chi connectivity index (χ3v) is 2.93. The first kappa shape index (κ1) is 15.2. The van der Waals surface area contributed by atoms with Gasteiger partial charge < -0.3 is 15.2 Å². The van der Waals surface area contributed by atoms with Gasteiger partial charge in [-0.25, -0.2) is 0 Å². The molecule has 0 aliphatic heterocycles. The Morgan fingerprint density at radius 1 is 1.11 bits per heavy atom. The summed E-state index contributed by atoms with van der Waals surface area (Å²) in [6.07, 6.45) is 5.79. The van der Waals surface area contributed by atoms with Crippen LogP contribution in [0.4, 0.5) is 5.69 Å². The van der Waals surface area contributed by atoms with Crippen LogP contribution in [-0.2, 0) is 4.79 Å². The molecule has 19 heavy (non-hydrogen) atoms. The normalized spacial score (nSPS) is 10.2. The SMILES string of the molecule is CCCCCCCC(=O)Nc1ccccc1C(=O)[O-]. The summed E-state index contributed by atoms with van der Waals surface area (Å²) in [5.74, 6) is -1.43. The highest BCUT2D eigenvalue weighted by atomic mass is 16.4. The number of carbonyl (C=O) groups is 2. The lowest BCUT2D eigenvalue weighted by molar-refractivity contribution is -0.254. The van der Waals surface area contributed by atoms with Gasteiger partial charge in [0.05, 0.1) is 5.97 Å². The molecule has 0 aliphatic carbocycles. The average Bonchev–Trinajstić information content (AvgIpc) is 2.39. The van der Waals surface area contributed by atoms with Crippen molar-refractivity contribution in [3.63, 3.8) is 0 Å². The summed E-state index contributed by atoms with van der Waals surface area (Å²) < 4.78 is 0. The van der Waals surface area contributed by atoms with E-state index in [1.165, 1.54) is 18.9 Å². The minimum atomic E-state index is -1.28. The molecule has 0 radical (unpaired) electrons. The highest BCUT2D eigenvalue weighted by molar-refractivity contribution is 5.99. The van der Waals surface area contributed by atoms with Gasteiger partial charge in [-0.05, 0) is 12.5 Å². The summed E-state index contributed by atoms with van der Waals surface area (Å²) in [7, 11) is 0. The number of amides is 1. The molecule has 0 fully saturated rings. The Bertz CT molecular complexity index is 429. The molecule has 0 unspecified atom stereocenters. The van der Waals surface area contributed by atoms with Crippen molar-refractivity contribution < 1.29 is 14.7 Å². The zero-order valence-corrected chi connectivity index (χ0v) is 11.3. The van der Waals surface area contributed by atoms with Gasteiger partial charge >= 0.3 is 0 Å². The van der Waals surface area contributed by atoms with Gasteiger partial charge in [-0.3, -0.25) is 4.79 Å². The number of hydrogen-bond acceptors (Lipinski definition) is 3. The topological polar surface area (TPSA) is 69.2 Å². The van der Waals surface area contributed by atoms with Crippen molar-refractivity contribution in [1.29, 1.82) is 0 Å². The quantitative estimate of drug-likeness (QED) is 0.731. The first-order valence-corrected chi connectivity index (χ1v) is 6.75. The second kappa shape index (κ2) is 8.29. The molecule has 4 heteroatoms. The molecule has 1 amide bonds. The molecule has 104 valence electrons. The molecule has 0 spiro atoms. The van der Waals surface area contributed by atoms with E-state index in [2.05, 4.69) is 12.2 Å². The number of hydrogen-bond donors (Lipinski definition) is 1. The number of carbonyl (C=O) groups excluding carboxylic acids is 2. The van der Waals surface area contributed by atoms with Crippen LogP contribution in [0, 0.1) is 0 Å². The molecule has 4 nitrogen and oxygen atoms in total. The highest BCUT2D eigenvalue weighted by Crippen LogP contribution is 2.15. The van der Waals surface area contributed by atoms with Crippen LogP contribution in [0.25, 0.3) is 0 Å². The molecular formula is C15H20NO3-. The molecule has 0 atom stereocenters. The van der Waals surface area contributed by atoms with Gasteiger partial charge in [-0.1, -0.05) is 50.8 Å². The van der Waals surface area contributed by atoms with Gasteiger partial charge in [-0.2, -0.15) is 0 Å². The van der Waals surface area contributed by atoms with Gasteiger partial charge in [0, 0.05) is 17.7 Å². The molecule has 1 N–H and O–H groups in total. The van der Waals surface area contributed by atoms with E-state index in [1.807, 2.05) is 0 Å². The number of nitrogens with one attached hydrogen (secondary N) is 1. The van der Waals surface area contributed by atoms with Gasteiger partial charge in [0.25, 0.3) is 0 Å². The lowest BCUT2D eigenvalue weighted by atomic mass is 10.1. The smallest absolute Gasteiger partial charge is 0.224 e. The molecule has 1 aromatic carbocycles. The van der Waals surface area contributed by atoms with E-state index < -0.39 is 5.97 Å². The van der Waals surface area contributed by atoms with Crippen molar-refractivity contribution in [3.05, 3.63) is 29.8 Å². The predicted octanol–water partition coefficient (Wildman–Crippen LogP) is 2.35. The Morgan fingerprint density at radius 2 is 1.79 bits per heavy atom. The number of carboxylic acid groups (broad SMARTS) is 1. The Morgan fingerprint density at radius 3 is 2.47 bits per heavy atom. The second-order valence-electron chi connectivity index (χ2n) is 4.55. The Labute approximate surface area is 113 Å². The van der Waals surface area contributed by atoms with E-state index in [-0.39, 0.29) is 11.5 Å². The molecule has 0 bridgehead atoms. The van der Waals surface area contributed by atoms with Crippen molar-refractivity contribution in [2.45, 2.75) is 45.4 Å². The zero-order valence-electron chi connectivity index (χ0n) is 11.3. The van der Waals surface area contributed by atoms with Crippen molar-refractivity contribution in [2.24, 2.45) is 0 Å². The minimum Gasteiger partial charge on any atom is -0.545 e. The van der Waals surface area contributed by atoms with Crippen LogP contribution < -0.4 is 10.4 Å². The number of aromatic carboxylic acids is 1. The van der Waals surface area contributed by atoms with Crippen molar-refractivity contribution in [1.82, 2.24) is 0 Å². The Hall–Kier alpha value is -1.84. The maximum atomic E-state index is 11.7. The van der Waals surface area contributed by atoms with Gasteiger partial charge in [-0.15, -0.1) is 0 Å². The fourth-order valence-corrected chi connectivity index (χ4v) is 1.87. The summed E-state index contributed by atoms with van der Waals surface area (Å²) in [5.41, 5.74) is 0.322. The third kappa shape index (κ3) is 5.55. The van der Waals surface area contributed by atoms with Crippen molar-refractivity contribution in [3.8, 4) is 0 Å². The molecule has 0 saturated heterocycles. The van der Waals surface area contributed by atoms with E-state index in [4.69, 9.17) is 0 Å².